The summed E-state index contributed by atoms with van der Waals surface area (Å²) >= 11 is 0. The number of rotatable bonds is 4. The Hall–Kier alpha value is -3.12. The average Bonchev–Trinajstić information content (AvgIpc) is 2.63. The van der Waals surface area contributed by atoms with Gasteiger partial charge in [-0.1, -0.05) is 86.0 Å². The monoisotopic (exact) mass is 306 g/mol. The Labute approximate surface area is 143 Å². The molecular formula is C24H18. The predicted octanol–water partition coefficient (Wildman–Crippen LogP) is 6.54. The van der Waals surface area contributed by atoms with E-state index in [0.717, 1.165) is 11.1 Å². The van der Waals surface area contributed by atoms with Crippen molar-refractivity contribution in [1.82, 2.24) is 0 Å². The maximum Gasteiger partial charge on any atom is -0.00928 e. The Morgan fingerprint density at radius 1 is 0.625 bits per heavy atom. The van der Waals surface area contributed by atoms with Crippen LogP contribution in [0.1, 0.15) is 27.8 Å². The zero-order valence-electron chi connectivity index (χ0n) is 13.5. The first kappa shape index (κ1) is 14.5. The molecule has 3 aromatic rings. The maximum absolute atomic E-state index is 3.91. The van der Waals surface area contributed by atoms with Gasteiger partial charge in [0.05, 0.1) is 0 Å². The maximum atomic E-state index is 3.91. The van der Waals surface area contributed by atoms with E-state index < -0.39 is 0 Å². The van der Waals surface area contributed by atoms with E-state index in [2.05, 4.69) is 86.0 Å². The number of fused-ring (bicyclic) bond motifs is 1. The Morgan fingerprint density at radius 2 is 1.33 bits per heavy atom. The molecule has 0 unspecified atom stereocenters. The lowest BCUT2D eigenvalue weighted by molar-refractivity contribution is 1.47. The van der Waals surface area contributed by atoms with Crippen LogP contribution < -0.4 is 0 Å². The van der Waals surface area contributed by atoms with E-state index in [1.165, 1.54) is 33.4 Å². The van der Waals surface area contributed by atoms with Gasteiger partial charge in [0.1, 0.15) is 0 Å². The minimum atomic E-state index is 1.14. The van der Waals surface area contributed by atoms with Gasteiger partial charge in [-0.05, 0) is 56.7 Å². The van der Waals surface area contributed by atoms with Gasteiger partial charge in [0.25, 0.3) is 0 Å². The number of hydrogen-bond donors (Lipinski definition) is 0. The molecular weight excluding hydrogens is 288 g/mol. The van der Waals surface area contributed by atoms with E-state index in [1.54, 1.807) is 0 Å². The summed E-state index contributed by atoms with van der Waals surface area (Å²) in [5.74, 6) is 0. The van der Waals surface area contributed by atoms with Crippen molar-refractivity contribution in [3.8, 4) is 11.1 Å². The van der Waals surface area contributed by atoms with E-state index in [9.17, 15) is 0 Å². The molecule has 24 heavy (non-hydrogen) atoms. The lowest BCUT2D eigenvalue weighted by Crippen LogP contribution is -2.02. The molecule has 0 bridgehead atoms. The molecule has 0 aliphatic heterocycles. The van der Waals surface area contributed by atoms with Crippen molar-refractivity contribution in [2.24, 2.45) is 0 Å². The smallest absolute Gasteiger partial charge is 0.00928 e. The van der Waals surface area contributed by atoms with Gasteiger partial charge in [0, 0.05) is 0 Å². The predicted molar refractivity (Wildman–Crippen MR) is 105 cm³/mol. The molecule has 0 saturated carbocycles. The minimum absolute atomic E-state index is 1.14. The molecule has 0 N–H and O–H groups in total. The van der Waals surface area contributed by atoms with Crippen molar-refractivity contribution in [1.29, 1.82) is 0 Å². The van der Waals surface area contributed by atoms with Crippen LogP contribution in [0.4, 0.5) is 0 Å². The summed E-state index contributed by atoms with van der Waals surface area (Å²) in [7, 11) is 0. The molecule has 0 radical (unpaired) electrons. The molecule has 114 valence electrons. The van der Waals surface area contributed by atoms with Crippen LogP contribution in [-0.2, 0) is 0 Å². The van der Waals surface area contributed by atoms with Gasteiger partial charge in [-0.3, -0.25) is 0 Å². The van der Waals surface area contributed by atoms with Crippen molar-refractivity contribution in [3.63, 3.8) is 0 Å². The van der Waals surface area contributed by atoms with Gasteiger partial charge < -0.3 is 0 Å². The molecule has 0 amide bonds. The molecule has 0 atom stereocenters. The van der Waals surface area contributed by atoms with Crippen LogP contribution in [-0.4, -0.2) is 0 Å². The second-order valence-corrected chi connectivity index (χ2v) is 5.98. The fraction of sp³-hybridized carbons (Fsp3) is 0. The highest BCUT2D eigenvalue weighted by atomic mass is 14.2. The second kappa shape index (κ2) is 5.82. The quantitative estimate of drug-likeness (QED) is 0.401. The number of benzene rings is 3. The van der Waals surface area contributed by atoms with Gasteiger partial charge >= 0.3 is 0 Å². The summed E-state index contributed by atoms with van der Waals surface area (Å²) in [6, 6.07) is 23.6. The van der Waals surface area contributed by atoms with Crippen LogP contribution in [0.15, 0.2) is 79.9 Å². The van der Waals surface area contributed by atoms with Crippen molar-refractivity contribution >= 4 is 23.8 Å². The Morgan fingerprint density at radius 3 is 2.04 bits per heavy atom. The molecule has 1 aliphatic carbocycles. The molecule has 0 aromatic heterocycles. The highest BCUT2D eigenvalue weighted by molar-refractivity contribution is 6.06. The van der Waals surface area contributed by atoms with E-state index in [0.29, 0.717) is 0 Å². The third kappa shape index (κ3) is 2.33. The molecule has 0 fully saturated rings. The van der Waals surface area contributed by atoms with Crippen molar-refractivity contribution in [2.45, 2.75) is 0 Å². The summed E-state index contributed by atoms with van der Waals surface area (Å²) in [6.07, 6.45) is 6.04. The largest absolute Gasteiger partial charge is 0.0985 e. The topological polar surface area (TPSA) is 0 Å². The molecule has 0 heterocycles. The molecule has 0 heteroatoms. The Bertz CT molecular complexity index is 969. The normalized spacial score (nSPS) is 11.9. The van der Waals surface area contributed by atoms with Gasteiger partial charge in [0.15, 0.2) is 0 Å². The first-order chi connectivity index (χ1) is 11.8. The third-order valence-electron chi connectivity index (χ3n) is 4.58. The van der Waals surface area contributed by atoms with Gasteiger partial charge in [0.2, 0.25) is 0 Å². The zero-order valence-corrected chi connectivity index (χ0v) is 13.5. The summed E-state index contributed by atoms with van der Waals surface area (Å²) in [4.78, 5) is 0. The van der Waals surface area contributed by atoms with E-state index in [1.807, 2.05) is 12.2 Å². The van der Waals surface area contributed by atoms with Crippen LogP contribution >= 0.6 is 0 Å². The van der Waals surface area contributed by atoms with Crippen molar-refractivity contribution in [2.75, 3.05) is 0 Å². The highest BCUT2D eigenvalue weighted by Crippen LogP contribution is 2.41. The highest BCUT2D eigenvalue weighted by Gasteiger charge is 2.20. The Kier molecular flexibility index (Phi) is 3.51. The second-order valence-electron chi connectivity index (χ2n) is 5.98. The van der Waals surface area contributed by atoms with Crippen molar-refractivity contribution < 1.29 is 0 Å². The van der Waals surface area contributed by atoms with Crippen LogP contribution in [0.25, 0.3) is 34.9 Å². The number of hydrogen-bond acceptors (Lipinski definition) is 0. The summed E-state index contributed by atoms with van der Waals surface area (Å²) in [5.41, 5.74) is 9.94. The SMILES string of the molecule is C=Cc1ccc(-c2ccc(C=C)cc2C2=Cc3ccccc32)cc1. The minimum Gasteiger partial charge on any atom is -0.0985 e. The molecule has 3 aromatic carbocycles. The van der Waals surface area contributed by atoms with Gasteiger partial charge in [-0.25, -0.2) is 0 Å². The first-order valence-corrected chi connectivity index (χ1v) is 8.11. The first-order valence-electron chi connectivity index (χ1n) is 8.11. The van der Waals surface area contributed by atoms with Crippen LogP contribution in [0, 0.1) is 0 Å². The standard InChI is InChI=1S/C24H18/c1-3-17-9-12-19(13-10-17)22-14-11-18(4-2)15-23(22)24-16-20-7-5-6-8-21(20)24/h3-16H,1-2H2. The molecule has 1 aliphatic rings. The van der Waals surface area contributed by atoms with Gasteiger partial charge in [-0.2, -0.15) is 0 Å². The lowest BCUT2D eigenvalue weighted by Gasteiger charge is -2.23. The third-order valence-corrected chi connectivity index (χ3v) is 4.58. The molecule has 0 spiro atoms. The van der Waals surface area contributed by atoms with E-state index in [4.69, 9.17) is 0 Å². The fourth-order valence-corrected chi connectivity index (χ4v) is 3.21. The summed E-state index contributed by atoms with van der Waals surface area (Å²) in [6.45, 7) is 7.74. The van der Waals surface area contributed by atoms with E-state index in [-0.39, 0.29) is 0 Å². The molecule has 4 rings (SSSR count). The van der Waals surface area contributed by atoms with E-state index >= 15 is 0 Å². The Balaban J connectivity index is 1.86. The molecule has 0 saturated heterocycles. The van der Waals surface area contributed by atoms with Crippen LogP contribution in [0.5, 0.6) is 0 Å². The summed E-state index contributed by atoms with van der Waals surface area (Å²) in [5, 5.41) is 0. The lowest BCUT2D eigenvalue weighted by atomic mass is 9.80. The van der Waals surface area contributed by atoms with Crippen LogP contribution in [0.2, 0.25) is 0 Å². The van der Waals surface area contributed by atoms with Crippen molar-refractivity contribution in [3.05, 3.63) is 108 Å². The van der Waals surface area contributed by atoms with Gasteiger partial charge in [-0.15, -0.1) is 0 Å². The fourth-order valence-electron chi connectivity index (χ4n) is 3.21. The molecule has 0 nitrogen and oxygen atoms in total. The van der Waals surface area contributed by atoms with Crippen LogP contribution in [0.3, 0.4) is 0 Å². The summed E-state index contributed by atoms with van der Waals surface area (Å²) < 4.78 is 0. The zero-order chi connectivity index (χ0) is 16.5. The average molecular weight is 306 g/mol.